The molecule has 2 amide bonds. The molecular formula is C22H27FN4O2. The van der Waals surface area contributed by atoms with E-state index in [1.807, 2.05) is 0 Å². The van der Waals surface area contributed by atoms with Gasteiger partial charge < -0.3 is 20.4 Å². The Bertz CT molecular complexity index is 833. The highest BCUT2D eigenvalue weighted by atomic mass is 19.1. The summed E-state index contributed by atoms with van der Waals surface area (Å²) in [5.41, 5.74) is 2.42. The maximum Gasteiger partial charge on any atom is 0.313 e. The summed E-state index contributed by atoms with van der Waals surface area (Å²) in [7, 11) is 2.14. The van der Waals surface area contributed by atoms with Gasteiger partial charge in [-0.3, -0.25) is 9.59 Å². The molecule has 0 bridgehead atoms. The van der Waals surface area contributed by atoms with Gasteiger partial charge >= 0.3 is 11.8 Å². The van der Waals surface area contributed by atoms with Gasteiger partial charge in [0.2, 0.25) is 0 Å². The minimum Gasteiger partial charge on any atom is -0.369 e. The van der Waals surface area contributed by atoms with Crippen molar-refractivity contribution in [3.8, 4) is 0 Å². The lowest BCUT2D eigenvalue weighted by Gasteiger charge is -2.34. The molecule has 29 heavy (non-hydrogen) atoms. The Morgan fingerprint density at radius 3 is 2.34 bits per heavy atom. The molecule has 1 fully saturated rings. The number of carbonyl (C=O) groups excluding carboxylic acids is 2. The summed E-state index contributed by atoms with van der Waals surface area (Å²) in [4.78, 5) is 28.4. The van der Waals surface area contributed by atoms with Gasteiger partial charge in [0, 0.05) is 38.4 Å². The predicted molar refractivity (Wildman–Crippen MR) is 113 cm³/mol. The molecule has 2 aromatic rings. The standard InChI is InChI=1S/C22H27FN4O2/c1-26-13-15-27(16-14-26)18-10-8-17(9-11-18)5-4-12-24-21(28)22(29)25-20-7-3-2-6-19(20)23/h2-3,6-11H,4-5,12-16H2,1H3,(H,24,28)(H,25,29). The van der Waals surface area contributed by atoms with Crippen molar-refractivity contribution in [1.29, 1.82) is 0 Å². The zero-order valence-corrected chi connectivity index (χ0v) is 16.7. The van der Waals surface area contributed by atoms with Gasteiger partial charge in [-0.05, 0) is 49.7 Å². The Labute approximate surface area is 170 Å². The molecule has 0 unspecified atom stereocenters. The fourth-order valence-corrected chi connectivity index (χ4v) is 3.25. The van der Waals surface area contributed by atoms with Crippen LogP contribution in [0, 0.1) is 5.82 Å². The molecule has 0 atom stereocenters. The number of para-hydroxylation sites is 1. The zero-order chi connectivity index (χ0) is 20.6. The second-order valence-electron chi connectivity index (χ2n) is 7.25. The lowest BCUT2D eigenvalue weighted by Crippen LogP contribution is -2.44. The van der Waals surface area contributed by atoms with Crippen LogP contribution in [0.3, 0.4) is 0 Å². The van der Waals surface area contributed by atoms with Gasteiger partial charge in [0.05, 0.1) is 5.69 Å². The average molecular weight is 398 g/mol. The molecule has 0 radical (unpaired) electrons. The van der Waals surface area contributed by atoms with Crippen LogP contribution in [0.15, 0.2) is 48.5 Å². The van der Waals surface area contributed by atoms with Crippen molar-refractivity contribution in [1.82, 2.24) is 10.2 Å². The number of piperazine rings is 1. The van der Waals surface area contributed by atoms with Gasteiger partial charge in [-0.15, -0.1) is 0 Å². The van der Waals surface area contributed by atoms with Crippen molar-refractivity contribution >= 4 is 23.2 Å². The van der Waals surface area contributed by atoms with Crippen LogP contribution >= 0.6 is 0 Å². The molecule has 1 aliphatic rings. The molecule has 0 aromatic heterocycles. The number of carbonyl (C=O) groups is 2. The lowest BCUT2D eigenvalue weighted by molar-refractivity contribution is -0.136. The molecular weight excluding hydrogens is 371 g/mol. The third kappa shape index (κ3) is 6.02. The summed E-state index contributed by atoms with van der Waals surface area (Å²) in [6.45, 7) is 4.61. The van der Waals surface area contributed by atoms with Crippen LogP contribution in [0.25, 0.3) is 0 Å². The molecule has 2 N–H and O–H groups in total. The van der Waals surface area contributed by atoms with Gasteiger partial charge in [0.25, 0.3) is 0 Å². The average Bonchev–Trinajstić information content (AvgIpc) is 2.74. The topological polar surface area (TPSA) is 64.7 Å². The maximum atomic E-state index is 13.5. The number of likely N-dealkylation sites (N-methyl/N-ethyl adjacent to an activating group) is 1. The molecule has 6 nitrogen and oxygen atoms in total. The first kappa shape index (κ1) is 20.8. The third-order valence-electron chi connectivity index (χ3n) is 5.06. The van der Waals surface area contributed by atoms with Crippen molar-refractivity contribution < 1.29 is 14.0 Å². The number of anilines is 2. The van der Waals surface area contributed by atoms with Crippen LogP contribution in [0.4, 0.5) is 15.8 Å². The largest absolute Gasteiger partial charge is 0.369 e. The first-order valence-corrected chi connectivity index (χ1v) is 9.89. The highest BCUT2D eigenvalue weighted by molar-refractivity contribution is 6.39. The zero-order valence-electron chi connectivity index (χ0n) is 16.7. The van der Waals surface area contributed by atoms with Crippen molar-refractivity contribution in [2.75, 3.05) is 50.0 Å². The molecule has 0 saturated carbocycles. The summed E-state index contributed by atoms with van der Waals surface area (Å²) in [5, 5.41) is 4.85. The Morgan fingerprint density at radius 1 is 0.966 bits per heavy atom. The molecule has 1 saturated heterocycles. The van der Waals surface area contributed by atoms with Gasteiger partial charge in [0.15, 0.2) is 0 Å². The Hall–Kier alpha value is -2.93. The summed E-state index contributed by atoms with van der Waals surface area (Å²) in [6.07, 6.45) is 1.52. The fraction of sp³-hybridized carbons (Fsp3) is 0.364. The van der Waals surface area contributed by atoms with E-state index >= 15 is 0 Å². The monoisotopic (exact) mass is 398 g/mol. The Morgan fingerprint density at radius 2 is 1.66 bits per heavy atom. The number of rotatable bonds is 6. The van der Waals surface area contributed by atoms with Crippen molar-refractivity contribution in [2.45, 2.75) is 12.8 Å². The number of benzene rings is 2. The van der Waals surface area contributed by atoms with Crippen LogP contribution in [0.5, 0.6) is 0 Å². The first-order chi connectivity index (χ1) is 14.0. The van der Waals surface area contributed by atoms with Crippen LogP contribution < -0.4 is 15.5 Å². The molecule has 1 heterocycles. The van der Waals surface area contributed by atoms with E-state index in [9.17, 15) is 14.0 Å². The van der Waals surface area contributed by atoms with E-state index in [1.54, 1.807) is 6.07 Å². The quantitative estimate of drug-likeness (QED) is 0.579. The van der Waals surface area contributed by atoms with Crippen molar-refractivity contribution in [2.24, 2.45) is 0 Å². The van der Waals surface area contributed by atoms with Gasteiger partial charge in [-0.1, -0.05) is 24.3 Å². The van der Waals surface area contributed by atoms with Crippen LogP contribution in [0.2, 0.25) is 0 Å². The molecule has 2 aromatic carbocycles. The second kappa shape index (κ2) is 10.0. The summed E-state index contributed by atoms with van der Waals surface area (Å²) >= 11 is 0. The summed E-state index contributed by atoms with van der Waals surface area (Å²) in [6, 6.07) is 14.2. The van der Waals surface area contributed by atoms with E-state index in [0.29, 0.717) is 13.0 Å². The predicted octanol–water partition coefficient (Wildman–Crippen LogP) is 2.26. The molecule has 154 valence electrons. The maximum absolute atomic E-state index is 13.5. The van der Waals surface area contributed by atoms with Crippen LogP contribution in [-0.4, -0.2) is 56.5 Å². The first-order valence-electron chi connectivity index (χ1n) is 9.89. The van der Waals surface area contributed by atoms with E-state index in [2.05, 4.69) is 51.7 Å². The smallest absolute Gasteiger partial charge is 0.313 e. The molecule has 7 heteroatoms. The number of hydrogen-bond acceptors (Lipinski definition) is 4. The summed E-state index contributed by atoms with van der Waals surface area (Å²) in [5.74, 6) is -2.21. The minimum atomic E-state index is -0.869. The number of nitrogens with zero attached hydrogens (tertiary/aromatic N) is 2. The van der Waals surface area contributed by atoms with E-state index in [0.717, 1.165) is 32.6 Å². The minimum absolute atomic E-state index is 0.00640. The lowest BCUT2D eigenvalue weighted by atomic mass is 10.1. The number of aryl methyl sites for hydroxylation is 1. The van der Waals surface area contributed by atoms with Crippen molar-refractivity contribution in [3.63, 3.8) is 0 Å². The number of nitrogens with one attached hydrogen (secondary N) is 2. The van der Waals surface area contributed by atoms with Crippen LogP contribution in [-0.2, 0) is 16.0 Å². The van der Waals surface area contributed by atoms with Crippen LogP contribution in [0.1, 0.15) is 12.0 Å². The molecule has 0 spiro atoms. The van der Waals surface area contributed by atoms with E-state index in [-0.39, 0.29) is 5.69 Å². The highest BCUT2D eigenvalue weighted by Crippen LogP contribution is 2.17. The number of amides is 2. The normalized spacial score (nSPS) is 14.5. The van der Waals surface area contributed by atoms with Gasteiger partial charge in [-0.25, -0.2) is 4.39 Å². The summed E-state index contributed by atoms with van der Waals surface area (Å²) < 4.78 is 13.5. The third-order valence-corrected chi connectivity index (χ3v) is 5.06. The number of halogens is 1. The molecule has 0 aliphatic carbocycles. The van der Waals surface area contributed by atoms with E-state index < -0.39 is 17.6 Å². The number of hydrogen-bond donors (Lipinski definition) is 2. The fourth-order valence-electron chi connectivity index (χ4n) is 3.25. The highest BCUT2D eigenvalue weighted by Gasteiger charge is 2.15. The molecule has 1 aliphatic heterocycles. The van der Waals surface area contributed by atoms with Gasteiger partial charge in [0.1, 0.15) is 5.82 Å². The molecule has 3 rings (SSSR count). The Kier molecular flexibility index (Phi) is 7.19. The second-order valence-corrected chi connectivity index (χ2v) is 7.25. The van der Waals surface area contributed by atoms with Gasteiger partial charge in [-0.2, -0.15) is 0 Å². The van der Waals surface area contributed by atoms with E-state index in [4.69, 9.17) is 0 Å². The Balaban J connectivity index is 1.38. The van der Waals surface area contributed by atoms with Crippen molar-refractivity contribution in [3.05, 3.63) is 59.9 Å². The van der Waals surface area contributed by atoms with E-state index in [1.165, 1.54) is 29.4 Å². The SMILES string of the molecule is CN1CCN(c2ccc(CCCNC(=O)C(=O)Nc3ccccc3F)cc2)CC1.